The molecule has 1 heterocycles. The van der Waals surface area contributed by atoms with Gasteiger partial charge in [-0.1, -0.05) is 0 Å². The van der Waals surface area contributed by atoms with Crippen molar-refractivity contribution in [3.8, 4) is 0 Å². The third-order valence-electron chi connectivity index (χ3n) is 3.81. The van der Waals surface area contributed by atoms with Crippen molar-refractivity contribution in [1.29, 1.82) is 0 Å². The molecular formula is C16H29NO5S. The average molecular weight is 347 g/mol. The molecule has 0 aromatic carbocycles. The molecule has 23 heavy (non-hydrogen) atoms. The van der Waals surface area contributed by atoms with Gasteiger partial charge in [0.2, 0.25) is 0 Å². The van der Waals surface area contributed by atoms with E-state index in [0.717, 1.165) is 5.75 Å². The standard InChI is InChI=1S/C16H29NO5S/c1-10(13(18)19)12-11(8-9-23-7)17(16(5,6)21-12)14(20)22-15(2,3)4/h10-12H,8-9H2,1-7H3,(H,18,19)/t10-,11+,12+/m0/s1. The molecule has 1 aliphatic rings. The topological polar surface area (TPSA) is 76.1 Å². The van der Waals surface area contributed by atoms with Crippen molar-refractivity contribution in [2.75, 3.05) is 12.0 Å². The Morgan fingerprint density at radius 2 is 1.96 bits per heavy atom. The van der Waals surface area contributed by atoms with Crippen molar-refractivity contribution in [2.45, 2.75) is 71.4 Å². The number of amides is 1. The van der Waals surface area contributed by atoms with Gasteiger partial charge in [-0.15, -0.1) is 0 Å². The normalized spacial score (nSPS) is 25.3. The van der Waals surface area contributed by atoms with Gasteiger partial charge >= 0.3 is 12.1 Å². The van der Waals surface area contributed by atoms with E-state index in [4.69, 9.17) is 9.47 Å². The molecule has 1 N–H and O–H groups in total. The minimum absolute atomic E-state index is 0.321. The summed E-state index contributed by atoms with van der Waals surface area (Å²) in [6.07, 6.45) is 1.62. The zero-order chi connectivity index (χ0) is 18.0. The third kappa shape index (κ3) is 5.01. The number of hydrogen-bond acceptors (Lipinski definition) is 5. The molecule has 7 heteroatoms. The van der Waals surface area contributed by atoms with E-state index in [1.807, 2.05) is 27.0 Å². The fourth-order valence-corrected chi connectivity index (χ4v) is 3.27. The molecule has 1 rings (SSSR count). The van der Waals surface area contributed by atoms with Crippen molar-refractivity contribution < 1.29 is 24.2 Å². The van der Waals surface area contributed by atoms with Crippen LogP contribution in [0, 0.1) is 5.92 Å². The first-order valence-corrected chi connectivity index (χ1v) is 9.22. The fourth-order valence-electron chi connectivity index (χ4n) is 2.79. The second kappa shape index (κ2) is 7.30. The van der Waals surface area contributed by atoms with Gasteiger partial charge in [0.1, 0.15) is 11.3 Å². The summed E-state index contributed by atoms with van der Waals surface area (Å²) in [6, 6.07) is -0.321. The van der Waals surface area contributed by atoms with Crippen LogP contribution in [0.15, 0.2) is 0 Å². The number of aliphatic carboxylic acids is 1. The summed E-state index contributed by atoms with van der Waals surface area (Å²) in [5.74, 6) is -0.814. The lowest BCUT2D eigenvalue weighted by Gasteiger charge is -2.35. The van der Waals surface area contributed by atoms with E-state index in [9.17, 15) is 14.7 Å². The predicted molar refractivity (Wildman–Crippen MR) is 90.6 cm³/mol. The molecule has 0 bridgehead atoms. The Morgan fingerprint density at radius 3 is 2.39 bits per heavy atom. The molecule has 1 fully saturated rings. The summed E-state index contributed by atoms with van der Waals surface area (Å²) in [7, 11) is 0. The zero-order valence-corrected chi connectivity index (χ0v) is 15.9. The second-order valence-electron chi connectivity index (χ2n) is 7.36. The minimum atomic E-state index is -0.925. The van der Waals surface area contributed by atoms with E-state index < -0.39 is 35.4 Å². The Hall–Kier alpha value is -0.950. The highest BCUT2D eigenvalue weighted by atomic mass is 32.2. The van der Waals surface area contributed by atoms with E-state index in [1.54, 1.807) is 37.4 Å². The molecule has 0 spiro atoms. The SMILES string of the molecule is CSCC[C@@H]1[C@@H]([C@H](C)C(=O)O)OC(C)(C)N1C(=O)OC(C)(C)C. The van der Waals surface area contributed by atoms with Crippen LogP contribution in [-0.4, -0.2) is 57.5 Å². The number of carboxylic acids is 1. The minimum Gasteiger partial charge on any atom is -0.481 e. The van der Waals surface area contributed by atoms with E-state index in [-0.39, 0.29) is 6.04 Å². The van der Waals surface area contributed by atoms with Crippen LogP contribution in [0.2, 0.25) is 0 Å². The van der Waals surface area contributed by atoms with E-state index >= 15 is 0 Å². The van der Waals surface area contributed by atoms with Gasteiger partial charge in [0.05, 0.1) is 18.1 Å². The Morgan fingerprint density at radius 1 is 1.39 bits per heavy atom. The van der Waals surface area contributed by atoms with Gasteiger partial charge in [-0.25, -0.2) is 4.79 Å². The molecule has 0 radical (unpaired) electrons. The van der Waals surface area contributed by atoms with Crippen molar-refractivity contribution in [3.63, 3.8) is 0 Å². The lowest BCUT2D eigenvalue weighted by atomic mass is 9.96. The molecule has 0 aromatic heterocycles. The molecule has 0 unspecified atom stereocenters. The number of carbonyl (C=O) groups excluding carboxylic acids is 1. The van der Waals surface area contributed by atoms with Crippen LogP contribution in [0.1, 0.15) is 48.0 Å². The molecule has 1 saturated heterocycles. The highest BCUT2D eigenvalue weighted by molar-refractivity contribution is 7.98. The molecule has 0 saturated carbocycles. The summed E-state index contributed by atoms with van der Waals surface area (Å²) in [5, 5.41) is 9.35. The van der Waals surface area contributed by atoms with Gasteiger partial charge in [-0.3, -0.25) is 9.69 Å². The molecule has 0 aliphatic carbocycles. The number of carbonyl (C=O) groups is 2. The first kappa shape index (κ1) is 20.1. The quantitative estimate of drug-likeness (QED) is 0.823. The molecule has 6 nitrogen and oxygen atoms in total. The van der Waals surface area contributed by atoms with Gasteiger partial charge in [-0.05, 0) is 60.0 Å². The third-order valence-corrected chi connectivity index (χ3v) is 4.45. The van der Waals surface area contributed by atoms with Gasteiger partial charge < -0.3 is 14.6 Å². The van der Waals surface area contributed by atoms with Crippen molar-refractivity contribution >= 4 is 23.8 Å². The van der Waals surface area contributed by atoms with E-state index in [0.29, 0.717) is 6.42 Å². The second-order valence-corrected chi connectivity index (χ2v) is 8.34. The molecule has 0 aromatic rings. The fraction of sp³-hybridized carbons (Fsp3) is 0.875. The van der Waals surface area contributed by atoms with E-state index in [2.05, 4.69) is 0 Å². The molecule has 134 valence electrons. The lowest BCUT2D eigenvalue weighted by molar-refractivity contribution is -0.149. The van der Waals surface area contributed by atoms with Crippen molar-refractivity contribution in [2.24, 2.45) is 5.92 Å². The van der Waals surface area contributed by atoms with Gasteiger partial charge in [-0.2, -0.15) is 11.8 Å². The summed E-state index contributed by atoms with van der Waals surface area (Å²) in [6.45, 7) is 10.6. The van der Waals surface area contributed by atoms with Crippen LogP contribution in [0.25, 0.3) is 0 Å². The van der Waals surface area contributed by atoms with Crippen LogP contribution in [0.3, 0.4) is 0 Å². The van der Waals surface area contributed by atoms with Crippen LogP contribution in [0.5, 0.6) is 0 Å². The van der Waals surface area contributed by atoms with Crippen LogP contribution in [0.4, 0.5) is 4.79 Å². The first-order chi connectivity index (χ1) is 10.4. The smallest absolute Gasteiger partial charge is 0.412 e. The van der Waals surface area contributed by atoms with Crippen molar-refractivity contribution in [1.82, 2.24) is 4.90 Å². The number of nitrogens with zero attached hydrogens (tertiary/aromatic N) is 1. The predicted octanol–water partition coefficient (Wildman–Crippen LogP) is 3.20. The number of carboxylic acid groups (broad SMARTS) is 1. The maximum Gasteiger partial charge on any atom is 0.412 e. The highest BCUT2D eigenvalue weighted by Crippen LogP contribution is 2.38. The molecular weight excluding hydrogens is 318 g/mol. The lowest BCUT2D eigenvalue weighted by Crippen LogP contribution is -2.51. The zero-order valence-electron chi connectivity index (χ0n) is 15.1. The Balaban J connectivity index is 3.11. The van der Waals surface area contributed by atoms with E-state index in [1.165, 1.54) is 0 Å². The Labute approximate surface area is 142 Å². The average Bonchev–Trinajstić information content (AvgIpc) is 2.64. The monoisotopic (exact) mass is 347 g/mol. The number of ether oxygens (including phenoxy) is 2. The van der Waals surface area contributed by atoms with Gasteiger partial charge in [0.15, 0.2) is 0 Å². The molecule has 1 aliphatic heterocycles. The maximum absolute atomic E-state index is 12.7. The van der Waals surface area contributed by atoms with Crippen LogP contribution < -0.4 is 0 Å². The van der Waals surface area contributed by atoms with Crippen LogP contribution in [-0.2, 0) is 14.3 Å². The molecule has 3 atom stereocenters. The van der Waals surface area contributed by atoms with Crippen LogP contribution >= 0.6 is 11.8 Å². The number of rotatable bonds is 5. The number of hydrogen-bond donors (Lipinski definition) is 1. The van der Waals surface area contributed by atoms with Gasteiger partial charge in [0.25, 0.3) is 0 Å². The number of thioether (sulfide) groups is 1. The molecule has 1 amide bonds. The largest absolute Gasteiger partial charge is 0.481 e. The first-order valence-electron chi connectivity index (χ1n) is 7.82. The highest BCUT2D eigenvalue weighted by Gasteiger charge is 2.53. The Bertz CT molecular complexity index is 446. The summed E-state index contributed by atoms with van der Waals surface area (Å²) >= 11 is 1.66. The summed E-state index contributed by atoms with van der Waals surface area (Å²) in [4.78, 5) is 25.6. The maximum atomic E-state index is 12.7. The van der Waals surface area contributed by atoms with Crippen molar-refractivity contribution in [3.05, 3.63) is 0 Å². The summed E-state index contributed by atoms with van der Waals surface area (Å²) < 4.78 is 11.5. The van der Waals surface area contributed by atoms with Gasteiger partial charge in [0, 0.05) is 0 Å². The summed E-state index contributed by atoms with van der Waals surface area (Å²) in [5.41, 5.74) is -1.52. The Kier molecular flexibility index (Phi) is 6.38.